The topological polar surface area (TPSA) is 37.9 Å². The Morgan fingerprint density at radius 1 is 0.933 bits per heavy atom. The standard InChI is InChI=1S/C12H16N2O/c1-6-7(2)9(4)11-10(8(6)3)13-12(14-11)15-5/h1-5H3,(H,13,14). The number of aromatic nitrogens is 2. The van der Waals surface area contributed by atoms with Gasteiger partial charge in [0.15, 0.2) is 0 Å². The van der Waals surface area contributed by atoms with Crippen LogP contribution in [0.25, 0.3) is 11.0 Å². The van der Waals surface area contributed by atoms with Gasteiger partial charge in [0, 0.05) is 0 Å². The van der Waals surface area contributed by atoms with Gasteiger partial charge in [-0.1, -0.05) is 0 Å². The zero-order valence-corrected chi connectivity index (χ0v) is 9.86. The SMILES string of the molecule is COc1nc2c(C)c(C)c(C)c(C)c2[nH]1. The molecule has 0 aliphatic carbocycles. The van der Waals surface area contributed by atoms with Gasteiger partial charge in [-0.05, 0) is 49.9 Å². The molecule has 0 saturated carbocycles. The summed E-state index contributed by atoms with van der Waals surface area (Å²) < 4.78 is 5.12. The molecule has 0 aliphatic heterocycles. The highest BCUT2D eigenvalue weighted by molar-refractivity contribution is 5.85. The largest absolute Gasteiger partial charge is 0.468 e. The average Bonchev–Trinajstić information content (AvgIpc) is 2.67. The summed E-state index contributed by atoms with van der Waals surface area (Å²) in [5, 5.41) is 0. The monoisotopic (exact) mass is 204 g/mol. The predicted octanol–water partition coefficient (Wildman–Crippen LogP) is 2.81. The molecule has 2 aromatic rings. The number of nitrogens with zero attached hydrogens (tertiary/aromatic N) is 1. The quantitative estimate of drug-likeness (QED) is 0.775. The average molecular weight is 204 g/mol. The number of H-pyrrole nitrogens is 1. The van der Waals surface area contributed by atoms with Crippen molar-refractivity contribution in [1.82, 2.24) is 9.97 Å². The van der Waals surface area contributed by atoms with Gasteiger partial charge in [0.05, 0.1) is 18.1 Å². The van der Waals surface area contributed by atoms with E-state index in [0.717, 1.165) is 11.0 Å². The molecule has 3 nitrogen and oxygen atoms in total. The van der Waals surface area contributed by atoms with Crippen molar-refractivity contribution in [3.8, 4) is 6.01 Å². The van der Waals surface area contributed by atoms with E-state index in [1.54, 1.807) is 7.11 Å². The highest BCUT2D eigenvalue weighted by Gasteiger charge is 2.13. The van der Waals surface area contributed by atoms with Gasteiger partial charge in [-0.15, -0.1) is 0 Å². The van der Waals surface area contributed by atoms with Crippen LogP contribution in [0.4, 0.5) is 0 Å². The normalized spacial score (nSPS) is 11.0. The molecule has 80 valence electrons. The molecule has 0 atom stereocenters. The fraction of sp³-hybridized carbons (Fsp3) is 0.417. The highest BCUT2D eigenvalue weighted by atomic mass is 16.5. The highest BCUT2D eigenvalue weighted by Crippen LogP contribution is 2.28. The second-order valence-electron chi connectivity index (χ2n) is 3.97. The fourth-order valence-corrected chi connectivity index (χ4v) is 1.92. The van der Waals surface area contributed by atoms with Crippen LogP contribution in [0, 0.1) is 27.7 Å². The first kappa shape index (κ1) is 10.0. The van der Waals surface area contributed by atoms with Crippen molar-refractivity contribution in [2.75, 3.05) is 7.11 Å². The van der Waals surface area contributed by atoms with Crippen LogP contribution in [0.15, 0.2) is 0 Å². The van der Waals surface area contributed by atoms with Crippen molar-refractivity contribution in [1.29, 1.82) is 0 Å². The Hall–Kier alpha value is -1.51. The molecule has 0 saturated heterocycles. The minimum atomic E-state index is 0.584. The summed E-state index contributed by atoms with van der Waals surface area (Å²) in [6.45, 7) is 8.49. The minimum Gasteiger partial charge on any atom is -0.468 e. The van der Waals surface area contributed by atoms with Crippen LogP contribution in [0.1, 0.15) is 22.3 Å². The van der Waals surface area contributed by atoms with Crippen molar-refractivity contribution in [2.24, 2.45) is 0 Å². The summed E-state index contributed by atoms with van der Waals surface area (Å²) in [5.74, 6) is 0. The third kappa shape index (κ3) is 1.30. The molecule has 1 heterocycles. The zero-order chi connectivity index (χ0) is 11.2. The number of fused-ring (bicyclic) bond motifs is 1. The molecule has 0 fully saturated rings. The second-order valence-corrected chi connectivity index (χ2v) is 3.97. The lowest BCUT2D eigenvalue weighted by Gasteiger charge is -2.08. The Balaban J connectivity index is 2.90. The summed E-state index contributed by atoms with van der Waals surface area (Å²) >= 11 is 0. The number of benzene rings is 1. The number of aryl methyl sites for hydroxylation is 2. The van der Waals surface area contributed by atoms with E-state index < -0.39 is 0 Å². The third-order valence-electron chi connectivity index (χ3n) is 3.29. The summed E-state index contributed by atoms with van der Waals surface area (Å²) in [7, 11) is 1.63. The zero-order valence-electron chi connectivity index (χ0n) is 9.86. The molecule has 1 N–H and O–H groups in total. The number of ether oxygens (including phenoxy) is 1. The summed E-state index contributed by atoms with van der Waals surface area (Å²) in [4.78, 5) is 7.60. The molecule has 0 spiro atoms. The first-order valence-corrected chi connectivity index (χ1v) is 5.06. The first-order chi connectivity index (χ1) is 7.06. The lowest BCUT2D eigenvalue weighted by atomic mass is 9.98. The van der Waals surface area contributed by atoms with Crippen LogP contribution in [-0.2, 0) is 0 Å². The number of rotatable bonds is 1. The van der Waals surface area contributed by atoms with Gasteiger partial charge >= 0.3 is 0 Å². The van der Waals surface area contributed by atoms with Crippen LogP contribution in [-0.4, -0.2) is 17.1 Å². The van der Waals surface area contributed by atoms with E-state index in [1.165, 1.54) is 22.3 Å². The Labute approximate surface area is 89.5 Å². The first-order valence-electron chi connectivity index (χ1n) is 5.06. The maximum absolute atomic E-state index is 5.12. The summed E-state index contributed by atoms with van der Waals surface area (Å²) in [6, 6.07) is 0.584. The van der Waals surface area contributed by atoms with E-state index in [1.807, 2.05) is 0 Å². The predicted molar refractivity (Wildman–Crippen MR) is 61.6 cm³/mol. The molecule has 1 aromatic carbocycles. The number of imidazole rings is 1. The lowest BCUT2D eigenvalue weighted by Crippen LogP contribution is -1.92. The van der Waals surface area contributed by atoms with E-state index >= 15 is 0 Å². The Bertz CT molecular complexity index is 481. The molecule has 0 bridgehead atoms. The lowest BCUT2D eigenvalue weighted by molar-refractivity contribution is 0.386. The third-order valence-corrected chi connectivity index (χ3v) is 3.29. The van der Waals surface area contributed by atoms with Gasteiger partial charge < -0.3 is 9.72 Å². The van der Waals surface area contributed by atoms with Crippen LogP contribution in [0.3, 0.4) is 0 Å². The minimum absolute atomic E-state index is 0.584. The van der Waals surface area contributed by atoms with Gasteiger partial charge in [-0.2, -0.15) is 4.98 Å². The number of methoxy groups -OCH3 is 1. The van der Waals surface area contributed by atoms with Gasteiger partial charge in [-0.3, -0.25) is 0 Å². The van der Waals surface area contributed by atoms with Crippen molar-refractivity contribution in [3.05, 3.63) is 22.3 Å². The van der Waals surface area contributed by atoms with E-state index in [-0.39, 0.29) is 0 Å². The smallest absolute Gasteiger partial charge is 0.294 e. The number of nitrogens with one attached hydrogen (secondary N) is 1. The van der Waals surface area contributed by atoms with Crippen LogP contribution < -0.4 is 4.74 Å². The number of aromatic amines is 1. The van der Waals surface area contributed by atoms with E-state index in [2.05, 4.69) is 37.7 Å². The fourth-order valence-electron chi connectivity index (χ4n) is 1.92. The van der Waals surface area contributed by atoms with E-state index in [9.17, 15) is 0 Å². The van der Waals surface area contributed by atoms with Crippen LogP contribution in [0.2, 0.25) is 0 Å². The van der Waals surface area contributed by atoms with Crippen molar-refractivity contribution < 1.29 is 4.74 Å². The Kier molecular flexibility index (Phi) is 2.18. The van der Waals surface area contributed by atoms with Crippen molar-refractivity contribution in [2.45, 2.75) is 27.7 Å². The Morgan fingerprint density at radius 2 is 1.53 bits per heavy atom. The van der Waals surface area contributed by atoms with Crippen molar-refractivity contribution >= 4 is 11.0 Å². The molecule has 0 aliphatic rings. The Morgan fingerprint density at radius 3 is 2.13 bits per heavy atom. The van der Waals surface area contributed by atoms with E-state index in [4.69, 9.17) is 4.74 Å². The maximum atomic E-state index is 5.12. The molecule has 0 unspecified atom stereocenters. The summed E-state index contributed by atoms with van der Waals surface area (Å²) in [5.41, 5.74) is 7.23. The van der Waals surface area contributed by atoms with Gasteiger partial charge in [0.25, 0.3) is 6.01 Å². The van der Waals surface area contributed by atoms with Crippen LogP contribution >= 0.6 is 0 Å². The van der Waals surface area contributed by atoms with Gasteiger partial charge in [0.2, 0.25) is 0 Å². The molecule has 15 heavy (non-hydrogen) atoms. The maximum Gasteiger partial charge on any atom is 0.294 e. The summed E-state index contributed by atoms with van der Waals surface area (Å²) in [6.07, 6.45) is 0. The molecule has 2 rings (SSSR count). The van der Waals surface area contributed by atoms with Crippen molar-refractivity contribution in [3.63, 3.8) is 0 Å². The van der Waals surface area contributed by atoms with E-state index in [0.29, 0.717) is 6.01 Å². The molecule has 3 heteroatoms. The number of hydrogen-bond donors (Lipinski definition) is 1. The second kappa shape index (κ2) is 3.26. The molecular weight excluding hydrogens is 188 g/mol. The molecule has 0 radical (unpaired) electrons. The molecule has 0 amide bonds. The van der Waals surface area contributed by atoms with Gasteiger partial charge in [0.1, 0.15) is 0 Å². The van der Waals surface area contributed by atoms with Gasteiger partial charge in [-0.25, -0.2) is 0 Å². The van der Waals surface area contributed by atoms with Crippen LogP contribution in [0.5, 0.6) is 6.01 Å². The molecular formula is C12H16N2O. The molecule has 1 aromatic heterocycles. The number of hydrogen-bond acceptors (Lipinski definition) is 2.